The van der Waals surface area contributed by atoms with Gasteiger partial charge in [-0.1, -0.05) is 148 Å². The number of phosphoric ester groups is 1. The number of carbonyl (C=O) groups is 2. The number of rotatable bonds is 39. The van der Waals surface area contributed by atoms with E-state index in [9.17, 15) is 19.0 Å². The number of phosphoric acid groups is 1. The van der Waals surface area contributed by atoms with Gasteiger partial charge in [0.15, 0.2) is 6.10 Å². The Morgan fingerprint density at radius 2 is 0.881 bits per heavy atom. The number of unbranched alkanes of at least 4 members (excludes halogenated alkanes) is 6. The molecule has 0 bridgehead atoms. The van der Waals surface area contributed by atoms with Gasteiger partial charge >= 0.3 is 19.8 Å². The second-order valence-electron chi connectivity index (χ2n) is 13.8. The molecule has 0 radical (unpaired) electrons. The van der Waals surface area contributed by atoms with Crippen LogP contribution in [0.2, 0.25) is 0 Å². The lowest BCUT2D eigenvalue weighted by atomic mass is 10.1. The van der Waals surface area contributed by atoms with Gasteiger partial charge in [0.1, 0.15) is 6.61 Å². The predicted molar refractivity (Wildman–Crippen MR) is 247 cm³/mol. The topological polar surface area (TPSA) is 134 Å². The average Bonchev–Trinajstić information content (AvgIpc) is 3.22. The monoisotopic (exact) mass is 840 g/mol. The van der Waals surface area contributed by atoms with Gasteiger partial charge in [0.2, 0.25) is 0 Å². The van der Waals surface area contributed by atoms with E-state index in [-0.39, 0.29) is 32.6 Å². The van der Waals surface area contributed by atoms with E-state index in [1.165, 1.54) is 0 Å². The Hall–Kier alpha value is -3.59. The Morgan fingerprint density at radius 1 is 0.508 bits per heavy atom. The van der Waals surface area contributed by atoms with Crippen molar-refractivity contribution in [2.45, 2.75) is 148 Å². The maximum Gasteiger partial charge on any atom is 0.472 e. The molecule has 2 unspecified atom stereocenters. The summed E-state index contributed by atoms with van der Waals surface area (Å²) >= 11 is 0. The fourth-order valence-electron chi connectivity index (χ4n) is 5.16. The van der Waals surface area contributed by atoms with E-state index in [0.717, 1.165) is 103 Å². The predicted octanol–water partition coefficient (Wildman–Crippen LogP) is 12.9. The Bertz CT molecular complexity index is 1370. The van der Waals surface area contributed by atoms with Crippen molar-refractivity contribution in [3.05, 3.63) is 122 Å². The highest BCUT2D eigenvalue weighted by atomic mass is 31.2. The Labute approximate surface area is 358 Å². The third kappa shape index (κ3) is 43.8. The van der Waals surface area contributed by atoms with Crippen molar-refractivity contribution in [2.24, 2.45) is 5.73 Å². The van der Waals surface area contributed by atoms with Crippen LogP contribution in [-0.2, 0) is 32.7 Å². The van der Waals surface area contributed by atoms with Crippen LogP contribution in [0, 0.1) is 0 Å². The molecule has 2 atom stereocenters. The lowest BCUT2D eigenvalue weighted by Gasteiger charge is -2.19. The summed E-state index contributed by atoms with van der Waals surface area (Å²) in [5, 5.41) is 0. The van der Waals surface area contributed by atoms with Crippen molar-refractivity contribution in [3.8, 4) is 0 Å². The van der Waals surface area contributed by atoms with E-state index in [2.05, 4.69) is 135 Å². The maximum absolute atomic E-state index is 12.6. The molecule has 0 aromatic rings. The van der Waals surface area contributed by atoms with Gasteiger partial charge in [0.05, 0.1) is 13.2 Å². The molecule has 0 aliphatic rings. The number of ether oxygens (including phenoxy) is 2. The highest BCUT2D eigenvalue weighted by Gasteiger charge is 2.25. The minimum absolute atomic E-state index is 0.0353. The number of esters is 2. The molecule has 10 heteroatoms. The molecular formula is C49H78NO8P. The molecule has 0 amide bonds. The van der Waals surface area contributed by atoms with Crippen LogP contribution in [-0.4, -0.2) is 49.3 Å². The Balaban J connectivity index is 4.29. The SMILES string of the molecule is CC/C=C\C/C=C\C/C=C\C/C=C\C/C=C\C/C=C\CCCCCCC(=O)OC(COC(=O)CCCC/C=C\C/C=C\C/C=C\C/C=C\CC)COP(=O)(O)OCCN. The molecule has 0 aliphatic heterocycles. The van der Waals surface area contributed by atoms with Crippen LogP contribution < -0.4 is 5.73 Å². The molecule has 0 rings (SSSR count). The van der Waals surface area contributed by atoms with E-state index in [4.69, 9.17) is 24.3 Å². The van der Waals surface area contributed by atoms with Crippen molar-refractivity contribution >= 4 is 19.8 Å². The standard InChI is InChI=1S/C49H78NO8P/c1-3-5-7-9-11-13-15-17-19-20-21-22-23-24-25-26-28-30-32-34-36-38-40-42-49(52)58-47(46-57-59(53,54)56-44-43-50)45-55-48(51)41-39-37-35-33-31-29-27-18-16-14-12-10-8-6-4-2/h5-8,11-14,17-19,21-22,24-25,27-28,30-31,33,47H,3-4,9-10,15-16,20,23,26,29,32,34-46,50H2,1-2H3,(H,53,54)/b7-5-,8-6-,13-11-,14-12-,19-17-,22-21-,25-24-,27-18-,30-28-,33-31-. The second-order valence-corrected chi connectivity index (χ2v) is 15.2. The zero-order valence-corrected chi connectivity index (χ0v) is 37.3. The summed E-state index contributed by atoms with van der Waals surface area (Å²) in [6.45, 7) is 3.39. The molecule has 3 N–H and O–H groups in total. The van der Waals surface area contributed by atoms with Crippen LogP contribution in [0.3, 0.4) is 0 Å². The first-order chi connectivity index (χ1) is 28.8. The molecule has 0 heterocycles. The number of hydrogen-bond donors (Lipinski definition) is 2. The largest absolute Gasteiger partial charge is 0.472 e. The van der Waals surface area contributed by atoms with Gasteiger partial charge in [-0.3, -0.25) is 18.6 Å². The third-order valence-electron chi connectivity index (χ3n) is 8.34. The number of allylic oxidation sites excluding steroid dienone is 20. The molecule has 0 saturated heterocycles. The van der Waals surface area contributed by atoms with Gasteiger partial charge in [-0.05, 0) is 103 Å². The Kier molecular flexibility index (Phi) is 41.3. The summed E-state index contributed by atoms with van der Waals surface area (Å²) in [7, 11) is -4.40. The van der Waals surface area contributed by atoms with Gasteiger partial charge < -0.3 is 20.1 Å². The maximum atomic E-state index is 12.6. The lowest BCUT2D eigenvalue weighted by Crippen LogP contribution is -2.29. The molecule has 9 nitrogen and oxygen atoms in total. The van der Waals surface area contributed by atoms with Crippen LogP contribution in [0.4, 0.5) is 0 Å². The summed E-state index contributed by atoms with van der Waals surface area (Å²) in [6, 6.07) is 0. The van der Waals surface area contributed by atoms with E-state index < -0.39 is 32.5 Å². The highest BCUT2D eigenvalue weighted by Crippen LogP contribution is 2.43. The molecule has 0 fully saturated rings. The van der Waals surface area contributed by atoms with Crippen LogP contribution in [0.5, 0.6) is 0 Å². The fourth-order valence-corrected chi connectivity index (χ4v) is 5.92. The van der Waals surface area contributed by atoms with Crippen molar-refractivity contribution in [1.29, 1.82) is 0 Å². The second kappa shape index (κ2) is 44.0. The minimum Gasteiger partial charge on any atom is -0.462 e. The van der Waals surface area contributed by atoms with E-state index >= 15 is 0 Å². The summed E-state index contributed by atoms with van der Waals surface area (Å²) in [5.74, 6) is -0.921. The average molecular weight is 840 g/mol. The molecule has 332 valence electrons. The number of carbonyl (C=O) groups excluding carboxylic acids is 2. The normalized spacial score (nSPS) is 14.4. The first-order valence-electron chi connectivity index (χ1n) is 22.0. The molecular weight excluding hydrogens is 762 g/mol. The lowest BCUT2D eigenvalue weighted by molar-refractivity contribution is -0.161. The van der Waals surface area contributed by atoms with Gasteiger partial charge in [0, 0.05) is 19.4 Å². The van der Waals surface area contributed by atoms with Gasteiger partial charge in [0.25, 0.3) is 0 Å². The molecule has 0 aliphatic carbocycles. The number of nitrogens with two attached hydrogens (primary N) is 1. The summed E-state index contributed by atoms with van der Waals surface area (Å²) in [6.07, 6.45) is 59.5. The fraction of sp³-hybridized carbons (Fsp3) is 0.551. The minimum atomic E-state index is -4.40. The van der Waals surface area contributed by atoms with Crippen LogP contribution >= 0.6 is 7.82 Å². The van der Waals surface area contributed by atoms with Crippen molar-refractivity contribution in [3.63, 3.8) is 0 Å². The van der Waals surface area contributed by atoms with Gasteiger partial charge in [-0.15, -0.1) is 0 Å². The molecule has 0 saturated carbocycles. The first kappa shape index (κ1) is 55.4. The molecule has 0 aromatic carbocycles. The number of hydrogen-bond acceptors (Lipinski definition) is 8. The van der Waals surface area contributed by atoms with Crippen LogP contribution in [0.15, 0.2) is 122 Å². The molecule has 0 spiro atoms. The smallest absolute Gasteiger partial charge is 0.462 e. The first-order valence-corrected chi connectivity index (χ1v) is 23.5. The van der Waals surface area contributed by atoms with E-state index in [1.54, 1.807) is 0 Å². The van der Waals surface area contributed by atoms with Gasteiger partial charge in [-0.2, -0.15) is 0 Å². The highest BCUT2D eigenvalue weighted by molar-refractivity contribution is 7.47. The van der Waals surface area contributed by atoms with Crippen LogP contribution in [0.25, 0.3) is 0 Å². The van der Waals surface area contributed by atoms with E-state index in [0.29, 0.717) is 12.8 Å². The van der Waals surface area contributed by atoms with Gasteiger partial charge in [-0.25, -0.2) is 4.57 Å². The zero-order valence-electron chi connectivity index (χ0n) is 36.4. The molecule has 0 aromatic heterocycles. The van der Waals surface area contributed by atoms with Crippen molar-refractivity contribution in [1.82, 2.24) is 0 Å². The van der Waals surface area contributed by atoms with Crippen LogP contribution in [0.1, 0.15) is 142 Å². The van der Waals surface area contributed by atoms with E-state index in [1.807, 2.05) is 0 Å². The Morgan fingerprint density at radius 3 is 1.32 bits per heavy atom. The third-order valence-corrected chi connectivity index (χ3v) is 9.33. The quantitative estimate of drug-likeness (QED) is 0.0268. The van der Waals surface area contributed by atoms with Crippen molar-refractivity contribution in [2.75, 3.05) is 26.4 Å². The summed E-state index contributed by atoms with van der Waals surface area (Å²) < 4.78 is 32.7. The summed E-state index contributed by atoms with van der Waals surface area (Å²) in [4.78, 5) is 34.9. The zero-order chi connectivity index (χ0) is 43.2. The van der Waals surface area contributed by atoms with Crippen molar-refractivity contribution < 1.29 is 37.6 Å². The summed E-state index contributed by atoms with van der Waals surface area (Å²) in [5.41, 5.74) is 5.34. The molecule has 59 heavy (non-hydrogen) atoms.